The van der Waals surface area contributed by atoms with Crippen LogP contribution in [0.25, 0.3) is 0 Å². The number of benzene rings is 1. The van der Waals surface area contributed by atoms with Gasteiger partial charge in [-0.3, -0.25) is 0 Å². The van der Waals surface area contributed by atoms with E-state index in [1.807, 2.05) is 13.0 Å². The summed E-state index contributed by atoms with van der Waals surface area (Å²) in [5, 5.41) is 4.79. The lowest BCUT2D eigenvalue weighted by atomic mass is 10.4. The molecule has 1 aromatic carbocycles. The molecule has 0 aliphatic heterocycles. The van der Waals surface area contributed by atoms with E-state index >= 15 is 0 Å². The maximum atomic E-state index is 11.6. The Labute approximate surface area is 118 Å². The molecule has 5 heteroatoms. The number of hydrogen-bond acceptors (Lipinski definition) is 3. The number of rotatable bonds is 7. The van der Waals surface area contributed by atoms with Gasteiger partial charge in [-0.2, -0.15) is 0 Å². The SMILES string of the molecule is CCS(=O)(=O)C[C@@H](C)NC[Si](C)(C)c1ccccc1. The van der Waals surface area contributed by atoms with E-state index in [-0.39, 0.29) is 17.5 Å². The Morgan fingerprint density at radius 2 is 1.79 bits per heavy atom. The average molecular weight is 300 g/mol. The van der Waals surface area contributed by atoms with Crippen molar-refractivity contribution in [1.29, 1.82) is 0 Å². The highest BCUT2D eigenvalue weighted by atomic mass is 32.2. The summed E-state index contributed by atoms with van der Waals surface area (Å²) in [5.74, 6) is 0.446. The van der Waals surface area contributed by atoms with Gasteiger partial charge in [-0.25, -0.2) is 8.42 Å². The number of sulfone groups is 1. The fourth-order valence-electron chi connectivity index (χ4n) is 1.98. The van der Waals surface area contributed by atoms with Crippen molar-refractivity contribution in [2.45, 2.75) is 33.0 Å². The van der Waals surface area contributed by atoms with Crippen LogP contribution in [0, 0.1) is 0 Å². The van der Waals surface area contributed by atoms with E-state index in [1.165, 1.54) is 5.19 Å². The molecule has 0 aliphatic carbocycles. The molecule has 0 spiro atoms. The molecule has 0 saturated heterocycles. The van der Waals surface area contributed by atoms with Gasteiger partial charge in [0.15, 0.2) is 9.84 Å². The van der Waals surface area contributed by atoms with Crippen molar-refractivity contribution in [3.05, 3.63) is 30.3 Å². The first-order valence-electron chi connectivity index (χ1n) is 6.76. The van der Waals surface area contributed by atoms with Crippen LogP contribution in [0.15, 0.2) is 30.3 Å². The van der Waals surface area contributed by atoms with Crippen molar-refractivity contribution >= 4 is 23.1 Å². The number of hydrogen-bond donors (Lipinski definition) is 1. The Bertz CT molecular complexity index is 485. The fraction of sp³-hybridized carbons (Fsp3) is 0.571. The van der Waals surface area contributed by atoms with E-state index in [0.717, 1.165) is 6.17 Å². The van der Waals surface area contributed by atoms with Crippen molar-refractivity contribution in [1.82, 2.24) is 5.32 Å². The van der Waals surface area contributed by atoms with Crippen LogP contribution in [-0.4, -0.2) is 40.2 Å². The molecule has 108 valence electrons. The minimum atomic E-state index is -2.90. The Kier molecular flexibility index (Phi) is 5.76. The summed E-state index contributed by atoms with van der Waals surface area (Å²) in [5.41, 5.74) is 0. The van der Waals surface area contributed by atoms with Crippen LogP contribution < -0.4 is 10.5 Å². The monoisotopic (exact) mass is 299 g/mol. The van der Waals surface area contributed by atoms with E-state index in [4.69, 9.17) is 0 Å². The fourth-order valence-corrected chi connectivity index (χ4v) is 5.25. The highest BCUT2D eigenvalue weighted by Gasteiger charge is 2.24. The van der Waals surface area contributed by atoms with Gasteiger partial charge < -0.3 is 5.32 Å². The normalized spacial score (nSPS) is 14.3. The van der Waals surface area contributed by atoms with Crippen LogP contribution >= 0.6 is 0 Å². The second-order valence-electron chi connectivity index (χ2n) is 5.73. The molecular weight excluding hydrogens is 274 g/mol. The van der Waals surface area contributed by atoms with E-state index in [2.05, 4.69) is 42.7 Å². The van der Waals surface area contributed by atoms with Gasteiger partial charge in [0.25, 0.3) is 0 Å². The molecule has 0 fully saturated rings. The third-order valence-corrected chi connectivity index (χ3v) is 8.26. The molecule has 0 unspecified atom stereocenters. The summed E-state index contributed by atoms with van der Waals surface area (Å²) in [6, 6.07) is 10.5. The van der Waals surface area contributed by atoms with Gasteiger partial charge in [-0.15, -0.1) is 0 Å². The van der Waals surface area contributed by atoms with Crippen molar-refractivity contribution in [2.75, 3.05) is 17.7 Å². The summed E-state index contributed by atoms with van der Waals surface area (Å²) in [6.45, 7) is 8.25. The number of nitrogens with one attached hydrogen (secondary N) is 1. The van der Waals surface area contributed by atoms with Crippen LogP contribution in [0.5, 0.6) is 0 Å². The van der Waals surface area contributed by atoms with Crippen molar-refractivity contribution in [2.24, 2.45) is 0 Å². The largest absolute Gasteiger partial charge is 0.316 e. The first kappa shape index (κ1) is 16.4. The second kappa shape index (κ2) is 6.68. The van der Waals surface area contributed by atoms with Crippen LogP contribution in [0.3, 0.4) is 0 Å². The molecule has 1 rings (SSSR count). The Balaban J connectivity index is 2.57. The molecule has 0 aliphatic rings. The summed E-state index contributed by atoms with van der Waals surface area (Å²) in [6.07, 6.45) is 0.900. The van der Waals surface area contributed by atoms with Crippen molar-refractivity contribution in [3.8, 4) is 0 Å². The highest BCUT2D eigenvalue weighted by molar-refractivity contribution is 7.91. The molecular formula is C14H25NO2SSi. The van der Waals surface area contributed by atoms with Gasteiger partial charge >= 0.3 is 0 Å². The van der Waals surface area contributed by atoms with Gasteiger partial charge in [0.05, 0.1) is 13.8 Å². The van der Waals surface area contributed by atoms with Crippen LogP contribution in [0.4, 0.5) is 0 Å². The van der Waals surface area contributed by atoms with E-state index in [0.29, 0.717) is 0 Å². The molecule has 1 N–H and O–H groups in total. The summed E-state index contributed by atoms with van der Waals surface area (Å²) < 4.78 is 23.2. The zero-order valence-electron chi connectivity index (χ0n) is 12.3. The van der Waals surface area contributed by atoms with Crippen LogP contribution in [0.2, 0.25) is 13.1 Å². The Morgan fingerprint density at radius 3 is 2.32 bits per heavy atom. The van der Waals surface area contributed by atoms with Crippen molar-refractivity contribution in [3.63, 3.8) is 0 Å². The standard InChI is InChI=1S/C14H25NO2SSi/c1-5-18(16,17)11-13(2)15-12-19(3,4)14-9-7-6-8-10-14/h6-10,13,15H,5,11-12H2,1-4H3/t13-/m1/s1. The molecule has 0 radical (unpaired) electrons. The van der Waals surface area contributed by atoms with Crippen molar-refractivity contribution < 1.29 is 8.42 Å². The maximum absolute atomic E-state index is 11.6. The van der Waals surface area contributed by atoms with Gasteiger partial charge in [0.1, 0.15) is 0 Å². The Hall–Kier alpha value is -0.653. The third-order valence-electron chi connectivity index (χ3n) is 3.39. The molecule has 1 atom stereocenters. The molecule has 1 aromatic rings. The molecule has 0 bridgehead atoms. The quantitative estimate of drug-likeness (QED) is 0.777. The van der Waals surface area contributed by atoms with E-state index in [9.17, 15) is 8.42 Å². The van der Waals surface area contributed by atoms with Gasteiger partial charge in [0, 0.05) is 11.8 Å². The lowest BCUT2D eigenvalue weighted by Crippen LogP contribution is -2.53. The lowest BCUT2D eigenvalue weighted by molar-refractivity contribution is 0.575. The van der Waals surface area contributed by atoms with E-state index in [1.54, 1.807) is 6.92 Å². The minimum Gasteiger partial charge on any atom is -0.316 e. The van der Waals surface area contributed by atoms with Crippen LogP contribution in [-0.2, 0) is 9.84 Å². The zero-order valence-corrected chi connectivity index (χ0v) is 14.1. The smallest absolute Gasteiger partial charge is 0.151 e. The average Bonchev–Trinajstić information content (AvgIpc) is 2.37. The molecule has 3 nitrogen and oxygen atoms in total. The third kappa shape index (κ3) is 5.46. The summed E-state index contributed by atoms with van der Waals surface area (Å²) >= 11 is 0. The zero-order chi connectivity index (χ0) is 14.5. The minimum absolute atomic E-state index is 0.0143. The predicted octanol–water partition coefficient (Wildman–Crippen LogP) is 1.55. The van der Waals surface area contributed by atoms with Gasteiger partial charge in [-0.1, -0.05) is 55.5 Å². The van der Waals surface area contributed by atoms with Gasteiger partial charge in [0.2, 0.25) is 0 Å². The highest BCUT2D eigenvalue weighted by Crippen LogP contribution is 2.03. The van der Waals surface area contributed by atoms with Crippen LogP contribution in [0.1, 0.15) is 13.8 Å². The summed E-state index contributed by atoms with van der Waals surface area (Å²) in [7, 11) is -4.43. The first-order valence-corrected chi connectivity index (χ1v) is 11.8. The topological polar surface area (TPSA) is 46.2 Å². The Morgan fingerprint density at radius 1 is 1.21 bits per heavy atom. The maximum Gasteiger partial charge on any atom is 0.151 e. The molecule has 0 amide bonds. The van der Waals surface area contributed by atoms with Gasteiger partial charge in [-0.05, 0) is 13.1 Å². The second-order valence-corrected chi connectivity index (χ2v) is 12.8. The predicted molar refractivity (Wildman–Crippen MR) is 85.4 cm³/mol. The van der Waals surface area contributed by atoms with E-state index < -0.39 is 17.9 Å². The molecule has 19 heavy (non-hydrogen) atoms. The lowest BCUT2D eigenvalue weighted by Gasteiger charge is -2.25. The molecule has 0 saturated carbocycles. The summed E-state index contributed by atoms with van der Waals surface area (Å²) in [4.78, 5) is 0. The molecule has 0 aromatic heterocycles. The first-order chi connectivity index (χ1) is 8.77. The molecule has 0 heterocycles.